The van der Waals surface area contributed by atoms with Crippen molar-refractivity contribution in [3.05, 3.63) is 59.2 Å². The maximum absolute atomic E-state index is 13.0. The first kappa shape index (κ1) is 22.0. The van der Waals surface area contributed by atoms with Crippen molar-refractivity contribution in [1.82, 2.24) is 9.62 Å². The molecule has 2 aromatic rings. The lowest BCUT2D eigenvalue weighted by molar-refractivity contribution is -0.131. The molecule has 1 aliphatic heterocycles. The predicted octanol–water partition coefficient (Wildman–Crippen LogP) is 2.81. The average molecular weight is 431 g/mol. The fraction of sp³-hybridized carbons (Fsp3) is 0.364. The highest BCUT2D eigenvalue weighted by molar-refractivity contribution is 7.89. The molecule has 0 unspecified atom stereocenters. The molecule has 1 heterocycles. The SMILES string of the molecule is CC(=O)Oc1cccc(C(=O)NC2CCN(S(=O)(=O)c3cc(C)ccc3C)CC2)c1. The second kappa shape index (κ2) is 8.97. The van der Waals surface area contributed by atoms with Gasteiger partial charge in [-0.3, -0.25) is 9.59 Å². The zero-order valence-electron chi connectivity index (χ0n) is 17.3. The van der Waals surface area contributed by atoms with Crippen LogP contribution in [0.15, 0.2) is 47.4 Å². The summed E-state index contributed by atoms with van der Waals surface area (Å²) in [6, 6.07) is 11.7. The van der Waals surface area contributed by atoms with Gasteiger partial charge in [0.2, 0.25) is 10.0 Å². The minimum absolute atomic E-state index is 0.125. The summed E-state index contributed by atoms with van der Waals surface area (Å²) in [7, 11) is -3.56. The summed E-state index contributed by atoms with van der Waals surface area (Å²) < 4.78 is 32.6. The molecular weight excluding hydrogens is 404 g/mol. The Labute approximate surface area is 177 Å². The third kappa shape index (κ3) is 5.06. The summed E-state index contributed by atoms with van der Waals surface area (Å²) in [6.07, 6.45) is 1.05. The van der Waals surface area contributed by atoms with E-state index in [1.807, 2.05) is 19.1 Å². The number of piperidine rings is 1. The van der Waals surface area contributed by atoms with Crippen LogP contribution in [0.1, 0.15) is 41.3 Å². The zero-order chi connectivity index (χ0) is 21.9. The number of amides is 1. The number of hydrogen-bond donors (Lipinski definition) is 1. The van der Waals surface area contributed by atoms with Crippen LogP contribution in [-0.2, 0) is 14.8 Å². The van der Waals surface area contributed by atoms with E-state index >= 15 is 0 Å². The standard InChI is InChI=1S/C22H26N2O5S/c1-15-7-8-16(2)21(13-15)30(27,28)24-11-9-19(10-12-24)23-22(26)18-5-4-6-20(14-18)29-17(3)25/h4-8,13-14,19H,9-12H2,1-3H3,(H,23,26). The molecule has 30 heavy (non-hydrogen) atoms. The van der Waals surface area contributed by atoms with Gasteiger partial charge in [0.25, 0.3) is 5.91 Å². The van der Waals surface area contributed by atoms with E-state index in [1.54, 1.807) is 31.2 Å². The maximum Gasteiger partial charge on any atom is 0.308 e. The van der Waals surface area contributed by atoms with Crippen molar-refractivity contribution in [3.8, 4) is 5.75 Å². The highest BCUT2D eigenvalue weighted by atomic mass is 32.2. The first-order valence-corrected chi connectivity index (χ1v) is 11.3. The number of hydrogen-bond acceptors (Lipinski definition) is 5. The van der Waals surface area contributed by atoms with Gasteiger partial charge in [0.15, 0.2) is 0 Å². The van der Waals surface area contributed by atoms with Crippen LogP contribution in [0, 0.1) is 13.8 Å². The topological polar surface area (TPSA) is 92.8 Å². The average Bonchev–Trinajstić information content (AvgIpc) is 2.70. The van der Waals surface area contributed by atoms with E-state index in [4.69, 9.17) is 4.74 Å². The molecule has 0 aliphatic carbocycles. The van der Waals surface area contributed by atoms with Gasteiger partial charge >= 0.3 is 5.97 Å². The molecule has 1 saturated heterocycles. The first-order valence-electron chi connectivity index (χ1n) is 9.83. The molecule has 1 N–H and O–H groups in total. The Kier molecular flexibility index (Phi) is 6.58. The molecule has 1 aliphatic rings. The van der Waals surface area contributed by atoms with Crippen LogP contribution in [0.3, 0.4) is 0 Å². The van der Waals surface area contributed by atoms with Crippen LogP contribution in [0.4, 0.5) is 0 Å². The maximum atomic E-state index is 13.0. The predicted molar refractivity (Wildman–Crippen MR) is 113 cm³/mol. The van der Waals surface area contributed by atoms with Crippen molar-refractivity contribution in [2.45, 2.75) is 44.6 Å². The Morgan fingerprint density at radius 3 is 2.43 bits per heavy atom. The van der Waals surface area contributed by atoms with E-state index < -0.39 is 16.0 Å². The van der Waals surface area contributed by atoms with Gasteiger partial charge < -0.3 is 10.1 Å². The summed E-state index contributed by atoms with van der Waals surface area (Å²) in [5.41, 5.74) is 2.01. The van der Waals surface area contributed by atoms with Crippen molar-refractivity contribution < 1.29 is 22.7 Å². The van der Waals surface area contributed by atoms with Gasteiger partial charge in [-0.1, -0.05) is 18.2 Å². The van der Waals surface area contributed by atoms with Gasteiger partial charge in [-0.15, -0.1) is 0 Å². The summed E-state index contributed by atoms with van der Waals surface area (Å²) in [5, 5.41) is 2.95. The van der Waals surface area contributed by atoms with Gasteiger partial charge in [0.1, 0.15) is 5.75 Å². The number of rotatable bonds is 5. The summed E-state index contributed by atoms with van der Waals surface area (Å²) in [4.78, 5) is 24.0. The van der Waals surface area contributed by atoms with Gasteiger partial charge in [-0.25, -0.2) is 8.42 Å². The molecule has 0 aromatic heterocycles. The highest BCUT2D eigenvalue weighted by Gasteiger charge is 2.31. The molecule has 2 aromatic carbocycles. The van der Waals surface area contributed by atoms with Gasteiger partial charge in [0.05, 0.1) is 4.90 Å². The first-order chi connectivity index (χ1) is 14.2. The molecule has 0 radical (unpaired) electrons. The lowest BCUT2D eigenvalue weighted by atomic mass is 10.1. The van der Waals surface area contributed by atoms with Gasteiger partial charge in [0, 0.05) is 31.6 Å². The molecule has 0 bridgehead atoms. The van der Waals surface area contributed by atoms with E-state index in [0.29, 0.717) is 42.1 Å². The molecule has 0 spiro atoms. The number of carbonyl (C=O) groups excluding carboxylic acids is 2. The van der Waals surface area contributed by atoms with E-state index in [1.165, 1.54) is 17.3 Å². The fourth-order valence-corrected chi connectivity index (χ4v) is 5.28. The van der Waals surface area contributed by atoms with Crippen molar-refractivity contribution >= 4 is 21.9 Å². The smallest absolute Gasteiger partial charge is 0.308 e. The number of carbonyl (C=O) groups is 2. The van der Waals surface area contributed by atoms with Crippen LogP contribution in [-0.4, -0.2) is 43.7 Å². The molecule has 1 fully saturated rings. The van der Waals surface area contributed by atoms with Gasteiger partial charge in [-0.2, -0.15) is 4.31 Å². The number of esters is 1. The number of nitrogens with one attached hydrogen (secondary N) is 1. The van der Waals surface area contributed by atoms with E-state index in [9.17, 15) is 18.0 Å². The van der Waals surface area contributed by atoms with Crippen LogP contribution >= 0.6 is 0 Å². The van der Waals surface area contributed by atoms with Crippen molar-refractivity contribution in [3.63, 3.8) is 0 Å². The molecule has 3 rings (SSSR count). The number of aryl methyl sites for hydroxylation is 2. The quantitative estimate of drug-likeness (QED) is 0.582. The second-order valence-corrected chi connectivity index (χ2v) is 9.45. The lowest BCUT2D eigenvalue weighted by Crippen LogP contribution is -2.46. The minimum Gasteiger partial charge on any atom is -0.427 e. The molecule has 0 saturated carbocycles. The van der Waals surface area contributed by atoms with E-state index in [-0.39, 0.29) is 11.9 Å². The zero-order valence-corrected chi connectivity index (χ0v) is 18.2. The summed E-state index contributed by atoms with van der Waals surface area (Å²) in [6.45, 7) is 5.65. The van der Waals surface area contributed by atoms with Crippen LogP contribution < -0.4 is 10.1 Å². The number of nitrogens with zero attached hydrogens (tertiary/aromatic N) is 1. The van der Waals surface area contributed by atoms with Crippen molar-refractivity contribution in [2.24, 2.45) is 0 Å². The van der Waals surface area contributed by atoms with Crippen LogP contribution in [0.2, 0.25) is 0 Å². The molecule has 1 amide bonds. The molecule has 7 nitrogen and oxygen atoms in total. The molecule has 8 heteroatoms. The lowest BCUT2D eigenvalue weighted by Gasteiger charge is -2.32. The second-order valence-electron chi connectivity index (χ2n) is 7.54. The Morgan fingerprint density at radius 2 is 1.77 bits per heavy atom. The Hall–Kier alpha value is -2.71. The molecule has 0 atom stereocenters. The van der Waals surface area contributed by atoms with E-state index in [0.717, 1.165) is 11.1 Å². The third-order valence-corrected chi connectivity index (χ3v) is 7.15. The highest BCUT2D eigenvalue weighted by Crippen LogP contribution is 2.24. The Morgan fingerprint density at radius 1 is 1.07 bits per heavy atom. The van der Waals surface area contributed by atoms with Crippen molar-refractivity contribution in [2.75, 3.05) is 13.1 Å². The van der Waals surface area contributed by atoms with Gasteiger partial charge in [-0.05, 0) is 62.1 Å². The molecular formula is C22H26N2O5S. The van der Waals surface area contributed by atoms with Crippen molar-refractivity contribution in [1.29, 1.82) is 0 Å². The minimum atomic E-state index is -3.56. The fourth-order valence-electron chi connectivity index (χ4n) is 3.50. The number of sulfonamides is 1. The number of ether oxygens (including phenoxy) is 1. The monoisotopic (exact) mass is 430 g/mol. The summed E-state index contributed by atoms with van der Waals surface area (Å²) in [5.74, 6) is -0.422. The normalized spacial score (nSPS) is 15.6. The summed E-state index contributed by atoms with van der Waals surface area (Å²) >= 11 is 0. The Bertz CT molecular complexity index is 1060. The Balaban J connectivity index is 1.62. The van der Waals surface area contributed by atoms with Crippen LogP contribution in [0.5, 0.6) is 5.75 Å². The van der Waals surface area contributed by atoms with Crippen LogP contribution in [0.25, 0.3) is 0 Å². The number of benzene rings is 2. The third-order valence-electron chi connectivity index (χ3n) is 5.11. The largest absolute Gasteiger partial charge is 0.427 e. The molecule has 160 valence electrons. The van der Waals surface area contributed by atoms with E-state index in [2.05, 4.69) is 5.32 Å².